The minimum Gasteiger partial charge on any atom is -0.478 e. The molecule has 0 aromatic heterocycles. The van der Waals surface area contributed by atoms with Gasteiger partial charge in [-0.3, -0.25) is 0 Å². The van der Waals surface area contributed by atoms with Crippen molar-refractivity contribution in [1.29, 1.82) is 0 Å². The molecule has 0 spiro atoms. The monoisotopic (exact) mass is 319 g/mol. The van der Waals surface area contributed by atoms with Gasteiger partial charge in [-0.2, -0.15) is 0 Å². The largest absolute Gasteiger partial charge is 0.478 e. The number of hydrogen-bond acceptors (Lipinski definition) is 5. The van der Waals surface area contributed by atoms with E-state index in [1.165, 1.54) is 19.8 Å². The quantitative estimate of drug-likeness (QED) is 0.816. The van der Waals surface area contributed by atoms with E-state index < -0.39 is 11.6 Å². The van der Waals surface area contributed by atoms with Gasteiger partial charge in [0.2, 0.25) is 5.60 Å². The van der Waals surface area contributed by atoms with Gasteiger partial charge >= 0.3 is 5.97 Å². The molecule has 124 valence electrons. The molecule has 0 saturated heterocycles. The summed E-state index contributed by atoms with van der Waals surface area (Å²) in [6.07, 6.45) is 5.19. The molecular weight excluding hydrogens is 298 g/mol. The molecule has 1 unspecified atom stereocenters. The lowest BCUT2D eigenvalue weighted by Crippen LogP contribution is -2.35. The van der Waals surface area contributed by atoms with E-state index in [0.29, 0.717) is 17.6 Å². The molecule has 1 fully saturated rings. The predicted octanol–water partition coefficient (Wildman–Crippen LogP) is 2.95. The fourth-order valence-electron chi connectivity index (χ4n) is 2.83. The van der Waals surface area contributed by atoms with Gasteiger partial charge in [-0.15, -0.1) is 0 Å². The average Bonchev–Trinajstić information content (AvgIpc) is 3.18. The first-order chi connectivity index (χ1) is 11.1. The van der Waals surface area contributed by atoms with Gasteiger partial charge in [-0.05, 0) is 31.9 Å². The van der Waals surface area contributed by atoms with E-state index in [-0.39, 0.29) is 13.2 Å². The highest BCUT2D eigenvalue weighted by atomic mass is 16.7. The number of oxime groups is 1. The maximum absolute atomic E-state index is 11.2. The van der Waals surface area contributed by atoms with Crippen molar-refractivity contribution in [3.8, 4) is 5.75 Å². The Balaban J connectivity index is 1.58. The fraction of sp³-hybridized carbons (Fsp3) is 0.529. The number of nitrogens with zero attached hydrogens (tertiary/aromatic N) is 1. The van der Waals surface area contributed by atoms with Gasteiger partial charge < -0.3 is 19.4 Å². The van der Waals surface area contributed by atoms with Crippen LogP contribution in [0.5, 0.6) is 5.75 Å². The average molecular weight is 319 g/mol. The van der Waals surface area contributed by atoms with Crippen LogP contribution in [0.1, 0.15) is 44.6 Å². The maximum atomic E-state index is 11.2. The molecule has 0 bridgehead atoms. The molecular formula is C17H21NO5. The van der Waals surface area contributed by atoms with E-state index in [9.17, 15) is 9.90 Å². The number of benzene rings is 1. The van der Waals surface area contributed by atoms with Crippen molar-refractivity contribution in [2.45, 2.75) is 50.7 Å². The van der Waals surface area contributed by atoms with Crippen molar-refractivity contribution in [2.24, 2.45) is 5.16 Å². The maximum Gasteiger partial charge on any atom is 0.351 e. The third kappa shape index (κ3) is 3.64. The van der Waals surface area contributed by atoms with E-state index in [2.05, 4.69) is 5.16 Å². The number of ether oxygens (including phenoxy) is 2. The molecule has 3 rings (SSSR count). The molecule has 1 aliphatic carbocycles. The first kappa shape index (κ1) is 15.8. The normalized spacial score (nSPS) is 24.3. The Kier molecular flexibility index (Phi) is 4.52. The number of aliphatic carboxylic acids is 1. The summed E-state index contributed by atoms with van der Waals surface area (Å²) in [5, 5.41) is 13.1. The third-order valence-corrected chi connectivity index (χ3v) is 4.31. The van der Waals surface area contributed by atoms with Crippen molar-refractivity contribution in [2.75, 3.05) is 6.79 Å². The van der Waals surface area contributed by atoms with Crippen molar-refractivity contribution < 1.29 is 24.2 Å². The van der Waals surface area contributed by atoms with Crippen LogP contribution in [0.25, 0.3) is 0 Å². The fourth-order valence-corrected chi connectivity index (χ4v) is 2.83. The third-order valence-electron chi connectivity index (χ3n) is 4.31. The van der Waals surface area contributed by atoms with Crippen LogP contribution in [0.4, 0.5) is 0 Å². The lowest BCUT2D eigenvalue weighted by Gasteiger charge is -2.15. The topological polar surface area (TPSA) is 77.4 Å². The summed E-state index contributed by atoms with van der Waals surface area (Å²) in [5.41, 5.74) is 0.114. The van der Waals surface area contributed by atoms with Crippen LogP contribution in [0.3, 0.4) is 0 Å². The van der Waals surface area contributed by atoms with E-state index >= 15 is 0 Å². The molecule has 6 nitrogen and oxygen atoms in total. The Bertz CT molecular complexity index is 609. The molecule has 1 saturated carbocycles. The lowest BCUT2D eigenvalue weighted by atomic mass is 9.96. The Morgan fingerprint density at radius 2 is 2.22 bits per heavy atom. The van der Waals surface area contributed by atoms with Crippen LogP contribution < -0.4 is 4.74 Å². The van der Waals surface area contributed by atoms with Crippen LogP contribution in [-0.4, -0.2) is 35.3 Å². The SMILES string of the molecule is CC1(C(=O)O)CC(c2cccc(OCOC3CCCC3)c2)=NO1. The standard InChI is InChI=1S/C17H21NO5/c1-17(16(19)20)10-15(18-23-17)12-5-4-8-14(9-12)22-11-21-13-6-2-3-7-13/h4-5,8-9,13H,2-3,6-7,10-11H2,1H3,(H,19,20). The number of carbonyl (C=O) groups is 1. The van der Waals surface area contributed by atoms with E-state index in [1.807, 2.05) is 24.3 Å². The molecule has 1 aromatic carbocycles. The number of rotatable bonds is 6. The molecule has 1 atom stereocenters. The Morgan fingerprint density at radius 3 is 2.91 bits per heavy atom. The summed E-state index contributed by atoms with van der Waals surface area (Å²) < 4.78 is 11.3. The summed E-state index contributed by atoms with van der Waals surface area (Å²) in [7, 11) is 0. The number of carboxylic acids is 1. The molecule has 0 radical (unpaired) electrons. The van der Waals surface area contributed by atoms with E-state index in [1.54, 1.807) is 0 Å². The van der Waals surface area contributed by atoms with E-state index in [4.69, 9.17) is 14.3 Å². The molecule has 1 N–H and O–H groups in total. The van der Waals surface area contributed by atoms with Gasteiger partial charge in [-0.1, -0.05) is 30.1 Å². The van der Waals surface area contributed by atoms with Crippen LogP contribution >= 0.6 is 0 Å². The minimum atomic E-state index is -1.29. The van der Waals surface area contributed by atoms with Gasteiger partial charge in [0, 0.05) is 12.0 Å². The van der Waals surface area contributed by atoms with Gasteiger partial charge in [-0.25, -0.2) is 4.79 Å². The van der Waals surface area contributed by atoms with Gasteiger partial charge in [0.15, 0.2) is 6.79 Å². The van der Waals surface area contributed by atoms with Crippen LogP contribution in [-0.2, 0) is 14.4 Å². The van der Waals surface area contributed by atoms with Crippen molar-refractivity contribution in [3.05, 3.63) is 29.8 Å². The first-order valence-corrected chi connectivity index (χ1v) is 7.90. The molecule has 2 aliphatic rings. The predicted molar refractivity (Wildman–Crippen MR) is 83.6 cm³/mol. The highest BCUT2D eigenvalue weighted by Gasteiger charge is 2.42. The van der Waals surface area contributed by atoms with Gasteiger partial charge in [0.1, 0.15) is 5.75 Å². The minimum absolute atomic E-state index is 0.226. The second-order valence-corrected chi connectivity index (χ2v) is 6.21. The summed E-state index contributed by atoms with van der Waals surface area (Å²) in [6, 6.07) is 7.38. The first-order valence-electron chi connectivity index (χ1n) is 7.90. The van der Waals surface area contributed by atoms with E-state index in [0.717, 1.165) is 18.4 Å². The summed E-state index contributed by atoms with van der Waals surface area (Å²) in [5.74, 6) is -0.347. The van der Waals surface area contributed by atoms with Crippen molar-refractivity contribution in [1.82, 2.24) is 0 Å². The summed E-state index contributed by atoms with van der Waals surface area (Å²) in [6.45, 7) is 1.74. The molecule has 1 aromatic rings. The highest BCUT2D eigenvalue weighted by Crippen LogP contribution is 2.28. The Labute approximate surface area is 135 Å². The molecule has 6 heteroatoms. The van der Waals surface area contributed by atoms with Crippen molar-refractivity contribution >= 4 is 11.7 Å². The molecule has 1 aliphatic heterocycles. The summed E-state index contributed by atoms with van der Waals surface area (Å²) >= 11 is 0. The molecule has 0 amide bonds. The lowest BCUT2D eigenvalue weighted by molar-refractivity contribution is -0.160. The molecule has 1 heterocycles. The zero-order valence-corrected chi connectivity index (χ0v) is 13.2. The zero-order chi connectivity index (χ0) is 16.3. The van der Waals surface area contributed by atoms with Crippen LogP contribution in [0, 0.1) is 0 Å². The van der Waals surface area contributed by atoms with Gasteiger partial charge in [0.05, 0.1) is 11.8 Å². The zero-order valence-electron chi connectivity index (χ0n) is 13.2. The summed E-state index contributed by atoms with van der Waals surface area (Å²) in [4.78, 5) is 16.3. The number of carboxylic acid groups (broad SMARTS) is 1. The van der Waals surface area contributed by atoms with Crippen molar-refractivity contribution in [3.63, 3.8) is 0 Å². The van der Waals surface area contributed by atoms with Crippen LogP contribution in [0.2, 0.25) is 0 Å². The highest BCUT2D eigenvalue weighted by molar-refractivity contribution is 6.04. The Hall–Kier alpha value is -2.08. The Morgan fingerprint density at radius 1 is 1.43 bits per heavy atom. The second kappa shape index (κ2) is 6.58. The second-order valence-electron chi connectivity index (χ2n) is 6.21. The smallest absolute Gasteiger partial charge is 0.351 e. The van der Waals surface area contributed by atoms with Crippen LogP contribution in [0.15, 0.2) is 29.4 Å². The van der Waals surface area contributed by atoms with Gasteiger partial charge in [0.25, 0.3) is 0 Å². The molecule has 23 heavy (non-hydrogen) atoms. The number of hydrogen-bond donors (Lipinski definition) is 1.